The molecule has 2 aliphatic rings. The van der Waals surface area contributed by atoms with Gasteiger partial charge in [-0.3, -0.25) is 9.69 Å². The normalized spacial score (nSPS) is 22.2. The van der Waals surface area contributed by atoms with Crippen LogP contribution in [-0.4, -0.2) is 51.3 Å². The van der Waals surface area contributed by atoms with Crippen molar-refractivity contribution < 1.29 is 4.79 Å². The van der Waals surface area contributed by atoms with Gasteiger partial charge in [-0.2, -0.15) is 0 Å². The van der Waals surface area contributed by atoms with E-state index >= 15 is 0 Å². The first kappa shape index (κ1) is 15.4. The Labute approximate surface area is 142 Å². The lowest BCUT2D eigenvalue weighted by Gasteiger charge is -2.36. The maximum atomic E-state index is 12.6. The van der Waals surface area contributed by atoms with Crippen LogP contribution in [0.2, 0.25) is 0 Å². The largest absolute Gasteiger partial charge is 0.340 e. The zero-order valence-corrected chi connectivity index (χ0v) is 14.0. The molecule has 1 saturated heterocycles. The third kappa shape index (κ3) is 3.22. The second-order valence-electron chi connectivity index (χ2n) is 6.78. The van der Waals surface area contributed by atoms with Gasteiger partial charge in [0.05, 0.1) is 5.69 Å². The molecule has 0 bridgehead atoms. The van der Waals surface area contributed by atoms with E-state index in [1.165, 1.54) is 0 Å². The molecule has 1 amide bonds. The molecule has 3 heterocycles. The van der Waals surface area contributed by atoms with Crippen LogP contribution < -0.4 is 0 Å². The first-order valence-corrected chi connectivity index (χ1v) is 8.88. The lowest BCUT2D eigenvalue weighted by molar-refractivity contribution is -0.137. The number of carbonyl (C=O) groups excluding carboxylic acids is 1. The molecule has 1 fully saturated rings. The second kappa shape index (κ2) is 6.77. The van der Waals surface area contributed by atoms with E-state index < -0.39 is 0 Å². The third-order valence-corrected chi connectivity index (χ3v) is 5.10. The summed E-state index contributed by atoms with van der Waals surface area (Å²) in [5.41, 5.74) is 2.09. The summed E-state index contributed by atoms with van der Waals surface area (Å²) in [7, 11) is 0. The Morgan fingerprint density at radius 2 is 2.04 bits per heavy atom. The number of piperazine rings is 1. The van der Waals surface area contributed by atoms with Crippen molar-refractivity contribution in [2.45, 2.75) is 25.8 Å². The van der Waals surface area contributed by atoms with E-state index in [1.54, 1.807) is 0 Å². The van der Waals surface area contributed by atoms with E-state index in [9.17, 15) is 4.79 Å². The maximum Gasteiger partial charge on any atom is 0.226 e. The van der Waals surface area contributed by atoms with Crippen molar-refractivity contribution in [1.82, 2.24) is 19.2 Å². The van der Waals surface area contributed by atoms with Gasteiger partial charge in [-0.25, -0.2) is 4.98 Å². The highest BCUT2D eigenvalue weighted by Gasteiger charge is 2.27. The van der Waals surface area contributed by atoms with Crippen LogP contribution in [0, 0.1) is 5.92 Å². The number of imidazole rings is 1. The molecule has 0 unspecified atom stereocenters. The number of hydrogen-bond donors (Lipinski definition) is 0. The summed E-state index contributed by atoms with van der Waals surface area (Å²) in [6.07, 6.45) is 11.5. The van der Waals surface area contributed by atoms with Crippen molar-refractivity contribution in [3.05, 3.63) is 48.4 Å². The quantitative estimate of drug-likeness (QED) is 0.814. The number of aromatic nitrogens is 2. The Hall–Kier alpha value is -2.14. The van der Waals surface area contributed by atoms with E-state index in [-0.39, 0.29) is 5.92 Å². The van der Waals surface area contributed by atoms with Crippen molar-refractivity contribution >= 4 is 11.6 Å². The molecule has 2 aromatic rings. The van der Waals surface area contributed by atoms with Gasteiger partial charge in [0.15, 0.2) is 0 Å². The van der Waals surface area contributed by atoms with Crippen molar-refractivity contribution in [2.75, 3.05) is 26.2 Å². The highest BCUT2D eigenvalue weighted by molar-refractivity contribution is 5.79. The number of nitrogens with zero attached hydrogens (tertiary/aromatic N) is 4. The molecule has 1 aliphatic heterocycles. The minimum absolute atomic E-state index is 0.208. The number of allylic oxidation sites excluding steroid dienone is 2. The van der Waals surface area contributed by atoms with Crippen LogP contribution in [0.4, 0.5) is 0 Å². The van der Waals surface area contributed by atoms with Crippen molar-refractivity contribution in [1.29, 1.82) is 0 Å². The van der Waals surface area contributed by atoms with Gasteiger partial charge < -0.3 is 9.30 Å². The molecule has 24 heavy (non-hydrogen) atoms. The Morgan fingerprint density at radius 3 is 2.79 bits per heavy atom. The molecule has 0 radical (unpaired) electrons. The van der Waals surface area contributed by atoms with E-state index in [0.29, 0.717) is 5.91 Å². The van der Waals surface area contributed by atoms with Crippen molar-refractivity contribution in [3.8, 4) is 0 Å². The lowest BCUT2D eigenvalue weighted by Crippen LogP contribution is -2.50. The fourth-order valence-electron chi connectivity index (χ4n) is 3.69. The summed E-state index contributed by atoms with van der Waals surface area (Å²) in [5, 5.41) is 0. The lowest BCUT2D eigenvalue weighted by atomic mass is 9.93. The molecule has 4 rings (SSSR count). The van der Waals surface area contributed by atoms with Gasteiger partial charge in [0.25, 0.3) is 0 Å². The zero-order valence-electron chi connectivity index (χ0n) is 14.0. The van der Waals surface area contributed by atoms with Crippen LogP contribution in [0.25, 0.3) is 5.65 Å². The summed E-state index contributed by atoms with van der Waals surface area (Å²) >= 11 is 0. The van der Waals surface area contributed by atoms with Gasteiger partial charge in [-0.1, -0.05) is 18.2 Å². The summed E-state index contributed by atoms with van der Waals surface area (Å²) in [4.78, 5) is 21.7. The van der Waals surface area contributed by atoms with Crippen molar-refractivity contribution in [2.24, 2.45) is 5.92 Å². The molecule has 0 spiro atoms. The van der Waals surface area contributed by atoms with Crippen molar-refractivity contribution in [3.63, 3.8) is 0 Å². The van der Waals surface area contributed by atoms with Gasteiger partial charge >= 0.3 is 0 Å². The van der Waals surface area contributed by atoms with Crippen LogP contribution in [0.1, 0.15) is 25.0 Å². The summed E-state index contributed by atoms with van der Waals surface area (Å²) in [6, 6.07) is 6.05. The molecule has 126 valence electrons. The minimum atomic E-state index is 0.208. The molecule has 2 aromatic heterocycles. The van der Waals surface area contributed by atoms with E-state index in [0.717, 1.165) is 63.3 Å². The first-order valence-electron chi connectivity index (χ1n) is 8.88. The maximum absolute atomic E-state index is 12.6. The number of carbonyl (C=O) groups is 1. The Bertz CT molecular complexity index is 710. The predicted octanol–water partition coefficient (Wildman–Crippen LogP) is 2.33. The van der Waals surface area contributed by atoms with Crippen LogP contribution in [-0.2, 0) is 11.3 Å². The summed E-state index contributed by atoms with van der Waals surface area (Å²) in [5.74, 6) is 0.562. The van der Waals surface area contributed by atoms with Gasteiger partial charge in [0.2, 0.25) is 5.91 Å². The van der Waals surface area contributed by atoms with Crippen LogP contribution in [0.15, 0.2) is 42.7 Å². The van der Waals surface area contributed by atoms with Gasteiger partial charge in [-0.15, -0.1) is 0 Å². The molecule has 1 aliphatic carbocycles. The Balaban J connectivity index is 1.32. The highest BCUT2D eigenvalue weighted by atomic mass is 16.2. The molecular weight excluding hydrogens is 300 g/mol. The molecule has 0 saturated carbocycles. The summed E-state index contributed by atoms with van der Waals surface area (Å²) < 4.78 is 2.06. The third-order valence-electron chi connectivity index (χ3n) is 5.10. The fourth-order valence-corrected chi connectivity index (χ4v) is 3.69. The number of fused-ring (bicyclic) bond motifs is 1. The Kier molecular flexibility index (Phi) is 4.34. The molecule has 0 aromatic carbocycles. The number of amides is 1. The minimum Gasteiger partial charge on any atom is -0.340 e. The predicted molar refractivity (Wildman–Crippen MR) is 93.5 cm³/mol. The average Bonchev–Trinajstić information content (AvgIpc) is 3.05. The molecule has 5 heteroatoms. The van der Waals surface area contributed by atoms with E-state index in [1.807, 2.05) is 24.4 Å². The highest BCUT2D eigenvalue weighted by Crippen LogP contribution is 2.21. The summed E-state index contributed by atoms with van der Waals surface area (Å²) in [6.45, 7) is 4.40. The standard InChI is InChI=1S/C19H24N4O/c24-19(16-6-2-1-3-7-16)22-12-10-21(11-13-22)14-17-15-23-9-5-4-8-18(23)20-17/h1-2,4-5,8-9,15-16H,3,6-7,10-14H2/t16-/m1/s1. The van der Waals surface area contributed by atoms with Crippen LogP contribution in [0.3, 0.4) is 0 Å². The number of pyridine rings is 1. The molecule has 1 atom stereocenters. The Morgan fingerprint density at radius 1 is 1.17 bits per heavy atom. The first-order chi connectivity index (χ1) is 11.8. The van der Waals surface area contributed by atoms with Crippen LogP contribution in [0.5, 0.6) is 0 Å². The smallest absolute Gasteiger partial charge is 0.226 e. The van der Waals surface area contributed by atoms with Crippen LogP contribution >= 0.6 is 0 Å². The van der Waals surface area contributed by atoms with E-state index in [2.05, 4.69) is 37.5 Å². The number of hydrogen-bond acceptors (Lipinski definition) is 3. The zero-order chi connectivity index (χ0) is 16.4. The molecular formula is C19H24N4O. The molecule has 0 N–H and O–H groups in total. The molecule has 5 nitrogen and oxygen atoms in total. The van der Waals surface area contributed by atoms with Gasteiger partial charge in [-0.05, 0) is 31.4 Å². The van der Waals surface area contributed by atoms with E-state index in [4.69, 9.17) is 0 Å². The second-order valence-corrected chi connectivity index (χ2v) is 6.78. The van der Waals surface area contributed by atoms with Gasteiger partial charge in [0, 0.05) is 51.0 Å². The average molecular weight is 324 g/mol. The number of rotatable bonds is 3. The fraction of sp³-hybridized carbons (Fsp3) is 0.474. The monoisotopic (exact) mass is 324 g/mol. The topological polar surface area (TPSA) is 40.9 Å². The SMILES string of the molecule is O=C([C@@H]1CC=CCC1)N1CCN(Cc2cn3ccccc3n2)CC1. The van der Waals surface area contributed by atoms with Gasteiger partial charge in [0.1, 0.15) is 5.65 Å².